The summed E-state index contributed by atoms with van der Waals surface area (Å²) < 4.78 is 13.3. The molecule has 1 heterocycles. The van der Waals surface area contributed by atoms with Crippen molar-refractivity contribution in [1.29, 1.82) is 0 Å². The minimum Gasteiger partial charge on any atom is -0.370 e. The van der Waals surface area contributed by atoms with E-state index in [1.807, 2.05) is 12.3 Å². The molecular formula is C16H24FN3S. The highest BCUT2D eigenvalue weighted by Crippen LogP contribution is 2.18. The van der Waals surface area contributed by atoms with Crippen LogP contribution in [0.15, 0.2) is 23.2 Å². The van der Waals surface area contributed by atoms with Crippen molar-refractivity contribution in [3.05, 3.63) is 35.1 Å². The Morgan fingerprint density at radius 2 is 1.95 bits per heavy atom. The number of guanidine groups is 1. The van der Waals surface area contributed by atoms with Gasteiger partial charge in [0, 0.05) is 18.8 Å². The van der Waals surface area contributed by atoms with Gasteiger partial charge in [-0.05, 0) is 42.4 Å². The third-order valence-electron chi connectivity index (χ3n) is 3.81. The quantitative estimate of drug-likeness (QED) is 0.685. The number of benzene rings is 1. The summed E-state index contributed by atoms with van der Waals surface area (Å²) in [5, 5.41) is 0. The molecule has 2 rings (SSSR count). The Bertz CT molecular complexity index is 482. The molecule has 5 heteroatoms. The zero-order valence-corrected chi connectivity index (χ0v) is 13.5. The Kier molecular flexibility index (Phi) is 6.36. The predicted molar refractivity (Wildman–Crippen MR) is 89.0 cm³/mol. The molecule has 0 bridgehead atoms. The first kappa shape index (κ1) is 16.1. The molecule has 0 aliphatic carbocycles. The van der Waals surface area contributed by atoms with E-state index >= 15 is 0 Å². The first-order valence-corrected chi connectivity index (χ1v) is 8.91. The van der Waals surface area contributed by atoms with Gasteiger partial charge in [0.1, 0.15) is 5.82 Å². The van der Waals surface area contributed by atoms with E-state index < -0.39 is 0 Å². The molecule has 0 radical (unpaired) electrons. The Morgan fingerprint density at radius 1 is 1.24 bits per heavy atom. The lowest BCUT2D eigenvalue weighted by Crippen LogP contribution is -2.38. The fraction of sp³-hybridized carbons (Fsp3) is 0.562. The summed E-state index contributed by atoms with van der Waals surface area (Å²) in [6, 6.07) is 4.92. The molecule has 1 aromatic carbocycles. The van der Waals surface area contributed by atoms with Gasteiger partial charge in [0.25, 0.3) is 0 Å². The molecule has 21 heavy (non-hydrogen) atoms. The van der Waals surface area contributed by atoms with Crippen molar-refractivity contribution in [1.82, 2.24) is 4.90 Å². The monoisotopic (exact) mass is 309 g/mol. The van der Waals surface area contributed by atoms with E-state index in [1.54, 1.807) is 17.8 Å². The largest absolute Gasteiger partial charge is 0.370 e. The first-order chi connectivity index (χ1) is 10.2. The van der Waals surface area contributed by atoms with Crippen LogP contribution in [-0.4, -0.2) is 30.2 Å². The standard InChI is InChI=1S/C16H24FN3S/c1-21-12-14-10-15(17)7-6-13(14)11-19-16(18)20-8-4-2-3-5-9-20/h6-7,10H,2-5,8-9,11-12H2,1H3,(H2,18,19). The van der Waals surface area contributed by atoms with Gasteiger partial charge in [-0.25, -0.2) is 9.38 Å². The van der Waals surface area contributed by atoms with Gasteiger partial charge in [-0.2, -0.15) is 11.8 Å². The van der Waals surface area contributed by atoms with Gasteiger partial charge in [0.2, 0.25) is 0 Å². The van der Waals surface area contributed by atoms with Gasteiger partial charge in [0.05, 0.1) is 6.54 Å². The van der Waals surface area contributed by atoms with Crippen molar-refractivity contribution in [3.63, 3.8) is 0 Å². The molecule has 0 spiro atoms. The van der Waals surface area contributed by atoms with Crippen LogP contribution in [0.1, 0.15) is 36.8 Å². The van der Waals surface area contributed by atoms with E-state index in [0.717, 1.165) is 30.0 Å². The van der Waals surface area contributed by atoms with E-state index in [1.165, 1.54) is 31.7 Å². The van der Waals surface area contributed by atoms with E-state index in [0.29, 0.717) is 12.5 Å². The topological polar surface area (TPSA) is 41.6 Å². The molecule has 1 aliphatic heterocycles. The van der Waals surface area contributed by atoms with Crippen LogP contribution in [0.25, 0.3) is 0 Å². The number of hydrogen-bond donors (Lipinski definition) is 1. The van der Waals surface area contributed by atoms with Gasteiger partial charge in [0.15, 0.2) is 5.96 Å². The molecule has 2 N–H and O–H groups in total. The zero-order valence-electron chi connectivity index (χ0n) is 12.6. The maximum atomic E-state index is 13.3. The lowest BCUT2D eigenvalue weighted by Gasteiger charge is -2.21. The van der Waals surface area contributed by atoms with Crippen LogP contribution in [0.2, 0.25) is 0 Å². The van der Waals surface area contributed by atoms with Crippen molar-refractivity contribution in [2.75, 3.05) is 19.3 Å². The summed E-state index contributed by atoms with van der Waals surface area (Å²) in [7, 11) is 0. The highest BCUT2D eigenvalue weighted by molar-refractivity contribution is 7.97. The van der Waals surface area contributed by atoms with Crippen LogP contribution in [0.5, 0.6) is 0 Å². The van der Waals surface area contributed by atoms with Crippen molar-refractivity contribution in [2.24, 2.45) is 10.7 Å². The molecule has 1 fully saturated rings. The van der Waals surface area contributed by atoms with Crippen molar-refractivity contribution >= 4 is 17.7 Å². The van der Waals surface area contributed by atoms with Crippen LogP contribution >= 0.6 is 11.8 Å². The number of likely N-dealkylation sites (tertiary alicyclic amines) is 1. The number of halogens is 1. The molecule has 1 aliphatic rings. The normalized spacial score (nSPS) is 16.9. The molecule has 0 amide bonds. The molecule has 0 atom stereocenters. The molecule has 0 unspecified atom stereocenters. The Balaban J connectivity index is 2.04. The van der Waals surface area contributed by atoms with Gasteiger partial charge in [-0.1, -0.05) is 18.9 Å². The maximum absolute atomic E-state index is 13.3. The van der Waals surface area contributed by atoms with Gasteiger partial charge >= 0.3 is 0 Å². The summed E-state index contributed by atoms with van der Waals surface area (Å²) in [5.41, 5.74) is 8.18. The summed E-state index contributed by atoms with van der Waals surface area (Å²) in [5.74, 6) is 1.23. The summed E-state index contributed by atoms with van der Waals surface area (Å²) in [4.78, 5) is 6.69. The second-order valence-electron chi connectivity index (χ2n) is 5.42. The van der Waals surface area contributed by atoms with Crippen LogP contribution in [0.4, 0.5) is 4.39 Å². The molecule has 1 aromatic rings. The third kappa shape index (κ3) is 4.92. The third-order valence-corrected chi connectivity index (χ3v) is 4.41. The van der Waals surface area contributed by atoms with Crippen LogP contribution in [0, 0.1) is 5.82 Å². The average molecular weight is 309 g/mol. The van der Waals surface area contributed by atoms with Crippen LogP contribution in [0.3, 0.4) is 0 Å². The van der Waals surface area contributed by atoms with Gasteiger partial charge in [-0.15, -0.1) is 0 Å². The zero-order chi connectivity index (χ0) is 15.1. The number of aliphatic imine (C=N–C) groups is 1. The van der Waals surface area contributed by atoms with Gasteiger partial charge in [-0.3, -0.25) is 0 Å². The molecule has 0 saturated carbocycles. The van der Waals surface area contributed by atoms with Crippen molar-refractivity contribution in [2.45, 2.75) is 38.0 Å². The lowest BCUT2D eigenvalue weighted by atomic mass is 10.1. The molecule has 116 valence electrons. The summed E-state index contributed by atoms with van der Waals surface area (Å²) in [6.45, 7) is 2.52. The highest BCUT2D eigenvalue weighted by Gasteiger charge is 2.11. The van der Waals surface area contributed by atoms with Crippen LogP contribution in [-0.2, 0) is 12.3 Å². The fourth-order valence-electron chi connectivity index (χ4n) is 2.60. The number of nitrogens with two attached hydrogens (primary N) is 1. The SMILES string of the molecule is CSCc1cc(F)ccc1CN=C(N)N1CCCCCC1. The predicted octanol–water partition coefficient (Wildman–Crippen LogP) is 3.38. The summed E-state index contributed by atoms with van der Waals surface area (Å²) in [6.07, 6.45) is 6.94. The number of thioether (sulfide) groups is 1. The lowest BCUT2D eigenvalue weighted by molar-refractivity contribution is 0.428. The minimum atomic E-state index is -0.188. The van der Waals surface area contributed by atoms with E-state index in [4.69, 9.17) is 5.73 Å². The first-order valence-electron chi connectivity index (χ1n) is 7.52. The molecule has 1 saturated heterocycles. The minimum absolute atomic E-state index is 0.188. The average Bonchev–Trinajstić information content (AvgIpc) is 2.75. The van der Waals surface area contributed by atoms with Crippen molar-refractivity contribution < 1.29 is 4.39 Å². The van der Waals surface area contributed by atoms with Crippen molar-refractivity contribution in [3.8, 4) is 0 Å². The van der Waals surface area contributed by atoms with Gasteiger partial charge < -0.3 is 10.6 Å². The number of nitrogens with zero attached hydrogens (tertiary/aromatic N) is 2. The van der Waals surface area contributed by atoms with Crippen LogP contribution < -0.4 is 5.73 Å². The van der Waals surface area contributed by atoms with E-state index in [-0.39, 0.29) is 5.82 Å². The Hall–Kier alpha value is -1.23. The number of rotatable bonds is 4. The second-order valence-corrected chi connectivity index (χ2v) is 6.29. The highest BCUT2D eigenvalue weighted by atomic mass is 32.2. The molecular weight excluding hydrogens is 285 g/mol. The number of hydrogen-bond acceptors (Lipinski definition) is 2. The maximum Gasteiger partial charge on any atom is 0.191 e. The summed E-state index contributed by atoms with van der Waals surface area (Å²) >= 11 is 1.69. The Morgan fingerprint density at radius 3 is 2.62 bits per heavy atom. The Labute approximate surface area is 130 Å². The smallest absolute Gasteiger partial charge is 0.191 e. The molecule has 3 nitrogen and oxygen atoms in total. The van der Waals surface area contributed by atoms with E-state index in [2.05, 4.69) is 9.89 Å². The molecule has 0 aromatic heterocycles. The van der Waals surface area contributed by atoms with E-state index in [9.17, 15) is 4.39 Å². The fourth-order valence-corrected chi connectivity index (χ4v) is 3.18. The second kappa shape index (κ2) is 8.27.